The number of rotatable bonds is 5. The molecule has 0 spiro atoms. The molecule has 0 aromatic heterocycles. The summed E-state index contributed by atoms with van der Waals surface area (Å²) in [7, 11) is 0. The van der Waals surface area contributed by atoms with Gasteiger partial charge in [-0.05, 0) is 48.6 Å². The Hall–Kier alpha value is -0.340. The van der Waals surface area contributed by atoms with E-state index in [4.69, 9.17) is 4.74 Å². The monoisotopic (exact) mass is 338 g/mol. The van der Waals surface area contributed by atoms with Crippen molar-refractivity contribution in [2.45, 2.75) is 63.3 Å². The van der Waals surface area contributed by atoms with Crippen LogP contribution in [-0.2, 0) is 10.2 Å². The topological polar surface area (TPSA) is 9.23 Å². The predicted octanol–water partition coefficient (Wildman–Crippen LogP) is 5.63. The summed E-state index contributed by atoms with van der Waals surface area (Å²) in [5, 5.41) is 0. The molecule has 0 bridgehead atoms. The van der Waals surface area contributed by atoms with Gasteiger partial charge in [-0.25, -0.2) is 0 Å². The van der Waals surface area contributed by atoms with E-state index in [0.29, 0.717) is 10.9 Å². The highest BCUT2D eigenvalue weighted by Crippen LogP contribution is 2.40. The van der Waals surface area contributed by atoms with Crippen LogP contribution in [0.2, 0.25) is 0 Å². The van der Waals surface area contributed by atoms with Gasteiger partial charge in [0.05, 0.1) is 6.10 Å². The maximum atomic E-state index is 5.63. The predicted molar refractivity (Wildman–Crippen MR) is 89.6 cm³/mol. The first kappa shape index (κ1) is 16.0. The van der Waals surface area contributed by atoms with Crippen LogP contribution < -0.4 is 0 Å². The molecule has 1 atom stereocenters. The third-order valence-corrected chi connectivity index (χ3v) is 5.18. The van der Waals surface area contributed by atoms with E-state index in [1.165, 1.54) is 30.4 Å². The van der Waals surface area contributed by atoms with Crippen LogP contribution in [0.15, 0.2) is 24.3 Å². The second kappa shape index (κ2) is 6.62. The van der Waals surface area contributed by atoms with Crippen LogP contribution in [0.1, 0.15) is 62.9 Å². The fraction of sp³-hybridized carbons (Fsp3) is 0.667. The van der Waals surface area contributed by atoms with Crippen LogP contribution in [0, 0.1) is 5.92 Å². The van der Waals surface area contributed by atoms with Crippen LogP contribution in [0.3, 0.4) is 0 Å². The maximum absolute atomic E-state index is 5.63. The molecule has 1 saturated carbocycles. The smallest absolute Gasteiger partial charge is 0.0580 e. The average molecular weight is 339 g/mol. The van der Waals surface area contributed by atoms with Gasteiger partial charge >= 0.3 is 0 Å². The van der Waals surface area contributed by atoms with E-state index in [1.54, 1.807) is 0 Å². The van der Waals surface area contributed by atoms with Gasteiger partial charge in [-0.1, -0.05) is 61.0 Å². The first-order chi connectivity index (χ1) is 9.40. The molecule has 1 aromatic carbocycles. The molecule has 1 aromatic rings. The zero-order chi connectivity index (χ0) is 14.8. The highest BCUT2D eigenvalue weighted by molar-refractivity contribution is 9.09. The Labute approximate surface area is 132 Å². The van der Waals surface area contributed by atoms with Crippen molar-refractivity contribution in [3.63, 3.8) is 0 Å². The number of ether oxygens (including phenoxy) is 1. The van der Waals surface area contributed by atoms with Crippen molar-refractivity contribution in [1.29, 1.82) is 0 Å². The number of halogens is 1. The normalized spacial score (nSPS) is 24.2. The second-order valence-electron chi connectivity index (χ2n) is 6.99. The minimum Gasteiger partial charge on any atom is -0.378 e. The standard InChI is InChI=1S/C18H27BrO/c1-5-20-16-10-13(11-16)12-17(19)14-6-8-15(9-7-14)18(2,3)4/h6-9,13,16-17H,5,10-12H2,1-4H3. The molecule has 1 nitrogen and oxygen atoms in total. The third kappa shape index (κ3) is 4.08. The zero-order valence-electron chi connectivity index (χ0n) is 13.2. The molecular weight excluding hydrogens is 312 g/mol. The third-order valence-electron chi connectivity index (χ3n) is 4.27. The molecule has 0 heterocycles. The Morgan fingerprint density at radius 2 is 1.80 bits per heavy atom. The largest absolute Gasteiger partial charge is 0.378 e. The number of benzene rings is 1. The summed E-state index contributed by atoms with van der Waals surface area (Å²) in [6.45, 7) is 9.71. The Morgan fingerprint density at radius 1 is 1.20 bits per heavy atom. The van der Waals surface area contributed by atoms with E-state index in [2.05, 4.69) is 67.9 Å². The first-order valence-electron chi connectivity index (χ1n) is 7.76. The van der Waals surface area contributed by atoms with Gasteiger partial charge in [0, 0.05) is 11.4 Å². The number of hydrogen-bond acceptors (Lipinski definition) is 1. The van der Waals surface area contributed by atoms with Gasteiger partial charge in [0.25, 0.3) is 0 Å². The molecule has 1 unspecified atom stereocenters. The van der Waals surface area contributed by atoms with Gasteiger partial charge < -0.3 is 4.74 Å². The molecule has 0 radical (unpaired) electrons. The SMILES string of the molecule is CCOC1CC(CC(Br)c2ccc(C(C)(C)C)cc2)C1. The molecule has 1 fully saturated rings. The summed E-state index contributed by atoms with van der Waals surface area (Å²) in [6.07, 6.45) is 4.21. The molecule has 112 valence electrons. The second-order valence-corrected chi connectivity index (χ2v) is 8.10. The minimum absolute atomic E-state index is 0.235. The fourth-order valence-corrected chi connectivity index (χ4v) is 3.69. The maximum Gasteiger partial charge on any atom is 0.0580 e. The van der Waals surface area contributed by atoms with Gasteiger partial charge in [0.15, 0.2) is 0 Å². The quantitative estimate of drug-likeness (QED) is 0.632. The highest BCUT2D eigenvalue weighted by Gasteiger charge is 2.31. The lowest BCUT2D eigenvalue weighted by atomic mass is 9.78. The Morgan fingerprint density at radius 3 is 2.30 bits per heavy atom. The van der Waals surface area contributed by atoms with E-state index in [0.717, 1.165) is 12.5 Å². The lowest BCUT2D eigenvalue weighted by Gasteiger charge is -2.36. The van der Waals surface area contributed by atoms with E-state index in [1.807, 2.05) is 0 Å². The fourth-order valence-electron chi connectivity index (χ4n) is 2.86. The summed E-state index contributed by atoms with van der Waals surface area (Å²) < 4.78 is 5.63. The summed E-state index contributed by atoms with van der Waals surface area (Å²) in [6, 6.07) is 9.10. The molecule has 1 aliphatic carbocycles. The van der Waals surface area contributed by atoms with Crippen LogP contribution in [0.25, 0.3) is 0 Å². The number of hydrogen-bond donors (Lipinski definition) is 0. The summed E-state index contributed by atoms with van der Waals surface area (Å²) >= 11 is 3.85. The first-order valence-corrected chi connectivity index (χ1v) is 8.67. The number of alkyl halides is 1. The van der Waals surface area contributed by atoms with Gasteiger partial charge in [-0.3, -0.25) is 0 Å². The molecule has 1 aliphatic rings. The van der Waals surface area contributed by atoms with E-state index >= 15 is 0 Å². The van der Waals surface area contributed by atoms with Crippen molar-refractivity contribution >= 4 is 15.9 Å². The van der Waals surface area contributed by atoms with Gasteiger partial charge in [-0.15, -0.1) is 0 Å². The summed E-state index contributed by atoms with van der Waals surface area (Å²) in [5.74, 6) is 0.818. The lowest BCUT2D eigenvalue weighted by molar-refractivity contribution is -0.0264. The van der Waals surface area contributed by atoms with Crippen LogP contribution >= 0.6 is 15.9 Å². The van der Waals surface area contributed by atoms with Crippen molar-refractivity contribution in [2.24, 2.45) is 5.92 Å². The molecule has 2 rings (SSSR count). The highest BCUT2D eigenvalue weighted by atomic mass is 79.9. The Kier molecular flexibility index (Phi) is 5.30. The molecule has 0 amide bonds. The van der Waals surface area contributed by atoms with Crippen molar-refractivity contribution in [3.8, 4) is 0 Å². The van der Waals surface area contributed by atoms with Crippen LogP contribution in [0.4, 0.5) is 0 Å². The van der Waals surface area contributed by atoms with Gasteiger partial charge in [0.1, 0.15) is 0 Å². The average Bonchev–Trinajstić information content (AvgIpc) is 2.35. The van der Waals surface area contributed by atoms with Crippen LogP contribution in [0.5, 0.6) is 0 Å². The molecule has 20 heavy (non-hydrogen) atoms. The van der Waals surface area contributed by atoms with Crippen molar-refractivity contribution in [3.05, 3.63) is 35.4 Å². The van der Waals surface area contributed by atoms with E-state index < -0.39 is 0 Å². The van der Waals surface area contributed by atoms with Gasteiger partial charge in [0.2, 0.25) is 0 Å². The minimum atomic E-state index is 0.235. The molecule has 0 aliphatic heterocycles. The molecule has 0 saturated heterocycles. The Bertz CT molecular complexity index is 412. The van der Waals surface area contributed by atoms with E-state index in [-0.39, 0.29) is 5.41 Å². The molecular formula is C18H27BrO. The lowest BCUT2D eigenvalue weighted by Crippen LogP contribution is -2.31. The summed E-state index contributed by atoms with van der Waals surface area (Å²) in [4.78, 5) is 0.476. The van der Waals surface area contributed by atoms with Crippen LogP contribution in [-0.4, -0.2) is 12.7 Å². The summed E-state index contributed by atoms with van der Waals surface area (Å²) in [5.41, 5.74) is 3.04. The molecule has 0 N–H and O–H groups in total. The van der Waals surface area contributed by atoms with E-state index in [9.17, 15) is 0 Å². The zero-order valence-corrected chi connectivity index (χ0v) is 14.7. The Balaban J connectivity index is 1.86. The molecule has 2 heteroatoms. The van der Waals surface area contributed by atoms with Gasteiger partial charge in [-0.2, -0.15) is 0 Å². The van der Waals surface area contributed by atoms with Crippen molar-refractivity contribution in [2.75, 3.05) is 6.61 Å². The van der Waals surface area contributed by atoms with Crippen molar-refractivity contribution in [1.82, 2.24) is 0 Å². The van der Waals surface area contributed by atoms with Crippen molar-refractivity contribution < 1.29 is 4.74 Å².